The highest BCUT2D eigenvalue weighted by molar-refractivity contribution is 4.99. The molecule has 2 heteroatoms. The molecule has 1 aliphatic heterocycles. The van der Waals surface area contributed by atoms with Crippen LogP contribution in [0.1, 0.15) is 46.0 Å². The summed E-state index contributed by atoms with van der Waals surface area (Å²) in [7, 11) is 2.27. The Labute approximate surface area is 106 Å². The molecule has 0 amide bonds. The lowest BCUT2D eigenvalue weighted by Gasteiger charge is -2.41. The maximum atomic E-state index is 4.05. The molecule has 0 aromatic rings. The monoisotopic (exact) mass is 236 g/mol. The number of nitrogens with one attached hydrogen (secondary N) is 1. The predicted octanol–water partition coefficient (Wildman–Crippen LogP) is 2.49. The molecule has 2 saturated carbocycles. The second kappa shape index (κ2) is 4.55. The minimum atomic E-state index is 0.753. The van der Waals surface area contributed by atoms with Gasteiger partial charge in [-0.2, -0.15) is 0 Å². The number of rotatable bonds is 4. The summed E-state index contributed by atoms with van der Waals surface area (Å²) in [6.45, 7) is 6.07. The third-order valence-electron chi connectivity index (χ3n) is 5.28. The van der Waals surface area contributed by atoms with Crippen LogP contribution in [0.4, 0.5) is 0 Å². The van der Waals surface area contributed by atoms with E-state index in [4.69, 9.17) is 0 Å². The Morgan fingerprint density at radius 1 is 1.06 bits per heavy atom. The average Bonchev–Trinajstić information content (AvgIpc) is 3.15. The maximum Gasteiger partial charge on any atom is 0.0126 e. The molecule has 98 valence electrons. The first-order valence-electron chi connectivity index (χ1n) is 7.61. The van der Waals surface area contributed by atoms with Crippen molar-refractivity contribution in [2.75, 3.05) is 13.6 Å². The van der Waals surface area contributed by atoms with Crippen molar-refractivity contribution in [3.8, 4) is 0 Å². The van der Waals surface area contributed by atoms with E-state index in [2.05, 4.69) is 31.1 Å². The van der Waals surface area contributed by atoms with E-state index in [0.717, 1.165) is 35.9 Å². The largest absolute Gasteiger partial charge is 0.310 e. The lowest BCUT2D eigenvalue weighted by Crippen LogP contribution is -2.54. The number of likely N-dealkylation sites (tertiary alicyclic amines) is 1. The van der Waals surface area contributed by atoms with Crippen molar-refractivity contribution >= 4 is 0 Å². The van der Waals surface area contributed by atoms with Gasteiger partial charge in [0.2, 0.25) is 0 Å². The van der Waals surface area contributed by atoms with E-state index in [0.29, 0.717) is 0 Å². The molecule has 0 aromatic heterocycles. The van der Waals surface area contributed by atoms with Crippen LogP contribution < -0.4 is 5.32 Å². The van der Waals surface area contributed by atoms with Crippen molar-refractivity contribution in [3.63, 3.8) is 0 Å². The zero-order valence-corrected chi connectivity index (χ0v) is 11.7. The van der Waals surface area contributed by atoms with Gasteiger partial charge in [-0.1, -0.05) is 6.92 Å². The standard InChI is InChI=1S/C15H28N2/c1-10-9-17(3)11(2)8-14(10)16-15(12-4-5-12)13-6-7-13/h10-16H,4-9H2,1-3H3. The van der Waals surface area contributed by atoms with Crippen LogP contribution in [-0.4, -0.2) is 36.6 Å². The number of hydrogen-bond donors (Lipinski definition) is 1. The summed E-state index contributed by atoms with van der Waals surface area (Å²) in [5, 5.41) is 4.05. The van der Waals surface area contributed by atoms with E-state index in [9.17, 15) is 0 Å². The van der Waals surface area contributed by atoms with Crippen LogP contribution in [0.3, 0.4) is 0 Å². The molecule has 2 nitrogen and oxygen atoms in total. The molecular weight excluding hydrogens is 208 g/mol. The van der Waals surface area contributed by atoms with E-state index >= 15 is 0 Å². The third-order valence-corrected chi connectivity index (χ3v) is 5.28. The molecular formula is C15H28N2. The fourth-order valence-corrected chi connectivity index (χ4v) is 3.59. The molecule has 1 N–H and O–H groups in total. The highest BCUT2D eigenvalue weighted by atomic mass is 15.2. The van der Waals surface area contributed by atoms with E-state index < -0.39 is 0 Å². The van der Waals surface area contributed by atoms with Gasteiger partial charge in [0.1, 0.15) is 0 Å². The van der Waals surface area contributed by atoms with Gasteiger partial charge in [-0.25, -0.2) is 0 Å². The molecule has 1 saturated heterocycles. The summed E-state index contributed by atoms with van der Waals surface area (Å²) in [6.07, 6.45) is 7.30. The molecule has 3 atom stereocenters. The van der Waals surface area contributed by atoms with Gasteiger partial charge in [0, 0.05) is 24.7 Å². The molecule has 0 aromatic carbocycles. The maximum absolute atomic E-state index is 4.05. The predicted molar refractivity (Wildman–Crippen MR) is 72.0 cm³/mol. The molecule has 1 heterocycles. The lowest BCUT2D eigenvalue weighted by atomic mass is 9.88. The Hall–Kier alpha value is -0.0800. The van der Waals surface area contributed by atoms with Crippen molar-refractivity contribution in [2.45, 2.75) is 64.1 Å². The van der Waals surface area contributed by atoms with Crippen LogP contribution in [0.25, 0.3) is 0 Å². The molecule has 3 fully saturated rings. The van der Waals surface area contributed by atoms with Gasteiger partial charge in [0.25, 0.3) is 0 Å². The smallest absolute Gasteiger partial charge is 0.0126 e. The highest BCUT2D eigenvalue weighted by Crippen LogP contribution is 2.45. The van der Waals surface area contributed by atoms with Gasteiger partial charge in [-0.3, -0.25) is 0 Å². The van der Waals surface area contributed by atoms with E-state index in [-0.39, 0.29) is 0 Å². The molecule has 0 bridgehead atoms. The molecule has 2 aliphatic carbocycles. The summed E-state index contributed by atoms with van der Waals surface area (Å²) >= 11 is 0. The van der Waals surface area contributed by atoms with E-state index in [1.165, 1.54) is 38.6 Å². The van der Waals surface area contributed by atoms with Crippen LogP contribution in [0.5, 0.6) is 0 Å². The molecule has 17 heavy (non-hydrogen) atoms. The minimum Gasteiger partial charge on any atom is -0.310 e. The summed E-state index contributed by atoms with van der Waals surface area (Å²) in [5.74, 6) is 2.88. The number of nitrogens with zero attached hydrogens (tertiary/aromatic N) is 1. The van der Waals surface area contributed by atoms with Crippen LogP contribution in [0, 0.1) is 17.8 Å². The average molecular weight is 236 g/mol. The van der Waals surface area contributed by atoms with Crippen molar-refractivity contribution < 1.29 is 0 Å². The van der Waals surface area contributed by atoms with Crippen molar-refractivity contribution in [1.29, 1.82) is 0 Å². The second-order valence-corrected chi connectivity index (χ2v) is 6.98. The zero-order valence-electron chi connectivity index (χ0n) is 11.7. The normalized spacial score (nSPS) is 39.9. The van der Waals surface area contributed by atoms with Crippen molar-refractivity contribution in [3.05, 3.63) is 0 Å². The number of hydrogen-bond acceptors (Lipinski definition) is 2. The van der Waals surface area contributed by atoms with Crippen molar-refractivity contribution in [2.24, 2.45) is 17.8 Å². The summed E-state index contributed by atoms with van der Waals surface area (Å²) in [5.41, 5.74) is 0. The van der Waals surface area contributed by atoms with Gasteiger partial charge in [-0.05, 0) is 63.8 Å². The van der Waals surface area contributed by atoms with Gasteiger partial charge in [0.05, 0.1) is 0 Å². The lowest BCUT2D eigenvalue weighted by molar-refractivity contribution is 0.111. The summed E-state index contributed by atoms with van der Waals surface area (Å²) in [6, 6.07) is 2.40. The highest BCUT2D eigenvalue weighted by Gasteiger charge is 2.43. The molecule has 0 radical (unpaired) electrons. The van der Waals surface area contributed by atoms with E-state index in [1.54, 1.807) is 0 Å². The third kappa shape index (κ3) is 2.68. The first-order valence-corrected chi connectivity index (χ1v) is 7.61. The fourth-order valence-electron chi connectivity index (χ4n) is 3.59. The SMILES string of the molecule is CC1CN(C)C(C)CC1NC(C1CC1)C1CC1. The summed E-state index contributed by atoms with van der Waals surface area (Å²) in [4.78, 5) is 2.52. The van der Waals surface area contributed by atoms with Gasteiger partial charge in [-0.15, -0.1) is 0 Å². The van der Waals surface area contributed by atoms with Gasteiger partial charge < -0.3 is 10.2 Å². The second-order valence-electron chi connectivity index (χ2n) is 6.98. The van der Waals surface area contributed by atoms with Crippen LogP contribution in [-0.2, 0) is 0 Å². The molecule has 3 unspecified atom stereocenters. The topological polar surface area (TPSA) is 15.3 Å². The van der Waals surface area contributed by atoms with Crippen LogP contribution >= 0.6 is 0 Å². The fraction of sp³-hybridized carbons (Fsp3) is 1.00. The molecule has 3 rings (SSSR count). The van der Waals surface area contributed by atoms with Gasteiger partial charge in [0.15, 0.2) is 0 Å². The Kier molecular flexibility index (Phi) is 3.20. The minimum absolute atomic E-state index is 0.753. The molecule has 0 spiro atoms. The Bertz CT molecular complexity index is 258. The Morgan fingerprint density at radius 2 is 1.65 bits per heavy atom. The molecule has 3 aliphatic rings. The van der Waals surface area contributed by atoms with Gasteiger partial charge >= 0.3 is 0 Å². The first kappa shape index (κ1) is 12.0. The summed E-state index contributed by atoms with van der Waals surface area (Å²) < 4.78 is 0. The zero-order chi connectivity index (χ0) is 12.0. The number of piperidine rings is 1. The van der Waals surface area contributed by atoms with Crippen LogP contribution in [0.15, 0.2) is 0 Å². The van der Waals surface area contributed by atoms with E-state index in [1.807, 2.05) is 0 Å². The quantitative estimate of drug-likeness (QED) is 0.807. The van der Waals surface area contributed by atoms with Crippen molar-refractivity contribution in [1.82, 2.24) is 10.2 Å². The Balaban J connectivity index is 1.59. The van der Waals surface area contributed by atoms with Crippen LogP contribution in [0.2, 0.25) is 0 Å². The first-order chi connectivity index (χ1) is 8.15. The Morgan fingerprint density at radius 3 is 2.18 bits per heavy atom.